The van der Waals surface area contributed by atoms with E-state index in [-0.39, 0.29) is 24.0 Å². The molecule has 2 fully saturated rings. The number of hydrogen-bond donors (Lipinski definition) is 2. The zero-order valence-corrected chi connectivity index (χ0v) is 19.1. The Hall–Kier alpha value is -0.0800. The van der Waals surface area contributed by atoms with Crippen LogP contribution in [0.4, 0.5) is 0 Å². The molecule has 1 unspecified atom stereocenters. The van der Waals surface area contributed by atoms with Crippen LogP contribution in [0.5, 0.6) is 0 Å². The van der Waals surface area contributed by atoms with Crippen molar-refractivity contribution in [2.75, 3.05) is 46.8 Å². The first-order valence-electron chi connectivity index (χ1n) is 10.1. The molecule has 0 spiro atoms. The second-order valence-corrected chi connectivity index (χ2v) is 7.77. The SMILES string of the molecule is CCCC1CCC(NC(=NCC2CN(C)CCN2C)NCC)CC1.I. The Morgan fingerprint density at radius 1 is 1.08 bits per heavy atom. The molecule has 1 saturated heterocycles. The van der Waals surface area contributed by atoms with Crippen molar-refractivity contribution in [1.82, 2.24) is 20.4 Å². The Morgan fingerprint density at radius 2 is 1.80 bits per heavy atom. The zero-order chi connectivity index (χ0) is 17.4. The molecule has 5 nitrogen and oxygen atoms in total. The summed E-state index contributed by atoms with van der Waals surface area (Å²) in [6, 6.07) is 1.13. The van der Waals surface area contributed by atoms with Crippen LogP contribution in [0.15, 0.2) is 4.99 Å². The van der Waals surface area contributed by atoms with E-state index < -0.39 is 0 Å². The Balaban J connectivity index is 0.00000312. The second kappa shape index (κ2) is 12.3. The van der Waals surface area contributed by atoms with Crippen LogP contribution < -0.4 is 10.6 Å². The summed E-state index contributed by atoms with van der Waals surface area (Å²) in [5.41, 5.74) is 0. The fourth-order valence-corrected chi connectivity index (χ4v) is 4.01. The minimum atomic E-state index is 0. The Labute approximate surface area is 172 Å². The van der Waals surface area contributed by atoms with Gasteiger partial charge in [-0.1, -0.05) is 19.8 Å². The van der Waals surface area contributed by atoms with E-state index in [2.05, 4.69) is 48.4 Å². The molecular formula is C19H40IN5. The molecule has 0 radical (unpaired) electrons. The maximum atomic E-state index is 4.90. The van der Waals surface area contributed by atoms with E-state index in [4.69, 9.17) is 4.99 Å². The van der Waals surface area contributed by atoms with Crippen molar-refractivity contribution in [3.8, 4) is 0 Å². The third-order valence-electron chi connectivity index (χ3n) is 5.67. The fraction of sp³-hybridized carbons (Fsp3) is 0.947. The monoisotopic (exact) mass is 465 g/mol. The third-order valence-corrected chi connectivity index (χ3v) is 5.67. The van der Waals surface area contributed by atoms with Gasteiger partial charge in [0.05, 0.1) is 6.54 Å². The highest BCUT2D eigenvalue weighted by Gasteiger charge is 2.23. The highest BCUT2D eigenvalue weighted by atomic mass is 127. The van der Waals surface area contributed by atoms with Crippen LogP contribution >= 0.6 is 24.0 Å². The van der Waals surface area contributed by atoms with Crippen LogP contribution in [0.1, 0.15) is 52.4 Å². The standard InChI is InChI=1S/C19H39N5.HI/c1-5-7-16-8-10-17(11-9-16)22-19(20-6-2)21-14-18-15-23(3)12-13-24(18)4;/h16-18H,5-15H2,1-4H3,(H2,20,21,22);1H. The van der Waals surface area contributed by atoms with Gasteiger partial charge in [0.2, 0.25) is 0 Å². The van der Waals surface area contributed by atoms with Crippen molar-refractivity contribution in [3.63, 3.8) is 0 Å². The number of nitrogens with one attached hydrogen (secondary N) is 2. The number of piperazine rings is 1. The maximum Gasteiger partial charge on any atom is 0.191 e. The summed E-state index contributed by atoms with van der Waals surface area (Å²) >= 11 is 0. The Bertz CT molecular complexity index is 382. The largest absolute Gasteiger partial charge is 0.357 e. The molecular weight excluding hydrogens is 425 g/mol. The van der Waals surface area contributed by atoms with E-state index in [1.165, 1.54) is 38.5 Å². The molecule has 1 heterocycles. The van der Waals surface area contributed by atoms with E-state index in [1.54, 1.807) is 0 Å². The first-order valence-corrected chi connectivity index (χ1v) is 10.1. The average Bonchev–Trinajstić information content (AvgIpc) is 2.57. The van der Waals surface area contributed by atoms with Gasteiger partial charge in [-0.3, -0.25) is 9.89 Å². The lowest BCUT2D eigenvalue weighted by molar-refractivity contribution is 0.119. The molecule has 1 atom stereocenters. The molecule has 0 aromatic heterocycles. The van der Waals surface area contributed by atoms with Crippen molar-refractivity contribution in [1.29, 1.82) is 0 Å². The predicted octanol–water partition coefficient (Wildman–Crippen LogP) is 2.76. The molecule has 2 N–H and O–H groups in total. The summed E-state index contributed by atoms with van der Waals surface area (Å²) < 4.78 is 0. The molecule has 2 aliphatic rings. The van der Waals surface area contributed by atoms with Gasteiger partial charge in [-0.25, -0.2) is 0 Å². The van der Waals surface area contributed by atoms with E-state index in [9.17, 15) is 0 Å². The molecule has 148 valence electrons. The van der Waals surface area contributed by atoms with Gasteiger partial charge < -0.3 is 15.5 Å². The van der Waals surface area contributed by atoms with Crippen molar-refractivity contribution in [2.24, 2.45) is 10.9 Å². The lowest BCUT2D eigenvalue weighted by Crippen LogP contribution is -2.52. The van der Waals surface area contributed by atoms with Crippen molar-refractivity contribution < 1.29 is 0 Å². The first-order chi connectivity index (χ1) is 11.6. The van der Waals surface area contributed by atoms with E-state index in [1.807, 2.05) is 0 Å². The highest BCUT2D eigenvalue weighted by Crippen LogP contribution is 2.27. The number of likely N-dealkylation sites (N-methyl/N-ethyl adjacent to an activating group) is 2. The average molecular weight is 465 g/mol. The van der Waals surface area contributed by atoms with Crippen molar-refractivity contribution in [3.05, 3.63) is 0 Å². The molecule has 0 amide bonds. The van der Waals surface area contributed by atoms with Gasteiger partial charge in [-0.15, -0.1) is 24.0 Å². The Kier molecular flexibility index (Phi) is 11.3. The topological polar surface area (TPSA) is 42.9 Å². The van der Waals surface area contributed by atoms with Gasteiger partial charge in [0.15, 0.2) is 5.96 Å². The lowest BCUT2D eigenvalue weighted by Gasteiger charge is -2.37. The number of nitrogens with zero attached hydrogens (tertiary/aromatic N) is 3. The van der Waals surface area contributed by atoms with Gasteiger partial charge in [0, 0.05) is 38.3 Å². The molecule has 25 heavy (non-hydrogen) atoms. The van der Waals surface area contributed by atoms with Crippen molar-refractivity contribution in [2.45, 2.75) is 64.5 Å². The zero-order valence-electron chi connectivity index (χ0n) is 16.8. The number of rotatable bonds is 6. The van der Waals surface area contributed by atoms with Gasteiger partial charge >= 0.3 is 0 Å². The molecule has 1 aliphatic heterocycles. The molecule has 0 bridgehead atoms. The maximum absolute atomic E-state index is 4.90. The van der Waals surface area contributed by atoms with Crippen molar-refractivity contribution >= 4 is 29.9 Å². The minimum absolute atomic E-state index is 0. The van der Waals surface area contributed by atoms with Crippen LogP contribution in [0.25, 0.3) is 0 Å². The number of hydrogen-bond acceptors (Lipinski definition) is 3. The number of guanidine groups is 1. The van der Waals surface area contributed by atoms with E-state index in [0.717, 1.165) is 44.6 Å². The van der Waals surface area contributed by atoms with Gasteiger partial charge in [-0.2, -0.15) is 0 Å². The van der Waals surface area contributed by atoms with E-state index >= 15 is 0 Å². The summed E-state index contributed by atoms with van der Waals surface area (Å²) in [6.45, 7) is 9.67. The predicted molar refractivity (Wildman–Crippen MR) is 119 cm³/mol. The highest BCUT2D eigenvalue weighted by molar-refractivity contribution is 14.0. The second-order valence-electron chi connectivity index (χ2n) is 7.77. The van der Waals surface area contributed by atoms with Gasteiger partial charge in [0.1, 0.15) is 0 Å². The first kappa shape index (κ1) is 23.0. The molecule has 0 aromatic rings. The fourth-order valence-electron chi connectivity index (χ4n) is 4.01. The summed E-state index contributed by atoms with van der Waals surface area (Å²) in [5.74, 6) is 1.97. The van der Waals surface area contributed by atoms with E-state index in [0.29, 0.717) is 12.1 Å². The third kappa shape index (κ3) is 7.99. The summed E-state index contributed by atoms with van der Waals surface area (Å²) in [4.78, 5) is 9.76. The quantitative estimate of drug-likeness (QED) is 0.360. The molecule has 2 rings (SSSR count). The smallest absolute Gasteiger partial charge is 0.191 e. The molecule has 6 heteroatoms. The summed E-state index contributed by atoms with van der Waals surface area (Å²) in [6.07, 6.45) is 8.07. The number of halogens is 1. The van der Waals surface area contributed by atoms with Gasteiger partial charge in [0.25, 0.3) is 0 Å². The summed E-state index contributed by atoms with van der Waals surface area (Å²) in [7, 11) is 4.43. The molecule has 1 aliphatic carbocycles. The summed E-state index contributed by atoms with van der Waals surface area (Å²) in [5, 5.41) is 7.13. The lowest BCUT2D eigenvalue weighted by atomic mass is 9.83. The minimum Gasteiger partial charge on any atom is -0.357 e. The van der Waals surface area contributed by atoms with Crippen LogP contribution in [0.3, 0.4) is 0 Å². The van der Waals surface area contributed by atoms with Crippen LogP contribution in [0.2, 0.25) is 0 Å². The molecule has 0 aromatic carbocycles. The van der Waals surface area contributed by atoms with Gasteiger partial charge in [-0.05, 0) is 52.6 Å². The van der Waals surface area contributed by atoms with Crippen LogP contribution in [0, 0.1) is 5.92 Å². The molecule has 1 saturated carbocycles. The van der Waals surface area contributed by atoms with Crippen LogP contribution in [-0.4, -0.2) is 74.7 Å². The number of aliphatic imine (C=N–C) groups is 1. The van der Waals surface area contributed by atoms with Crippen LogP contribution in [-0.2, 0) is 0 Å². The normalized spacial score (nSPS) is 29.1. The Morgan fingerprint density at radius 3 is 2.44 bits per heavy atom.